The van der Waals surface area contributed by atoms with Crippen molar-refractivity contribution in [2.24, 2.45) is 0 Å². The zero-order valence-corrected chi connectivity index (χ0v) is 15.1. The molecule has 26 heavy (non-hydrogen) atoms. The van der Waals surface area contributed by atoms with Crippen LogP contribution in [-0.4, -0.2) is 33.9 Å². The van der Waals surface area contributed by atoms with Gasteiger partial charge in [0, 0.05) is 24.8 Å². The molecular formula is C20H19N3O2S. The molecule has 3 aromatic rings. The average molecular weight is 365 g/mol. The van der Waals surface area contributed by atoms with Crippen LogP contribution in [0.3, 0.4) is 0 Å². The second kappa shape index (κ2) is 7.74. The number of likely N-dealkylation sites (tertiary alicyclic amines) is 1. The fraction of sp³-hybridized carbons (Fsp3) is 0.250. The van der Waals surface area contributed by atoms with Crippen molar-refractivity contribution >= 4 is 17.7 Å². The third kappa shape index (κ3) is 3.80. The Balaban J connectivity index is 1.36. The zero-order chi connectivity index (χ0) is 17.8. The Hall–Kier alpha value is -2.60. The smallest absolute Gasteiger partial charge is 0.255 e. The monoisotopic (exact) mass is 365 g/mol. The van der Waals surface area contributed by atoms with E-state index in [4.69, 9.17) is 4.42 Å². The van der Waals surface area contributed by atoms with Gasteiger partial charge in [0.1, 0.15) is 0 Å². The number of carbonyl (C=O) groups is 1. The lowest BCUT2D eigenvalue weighted by atomic mass is 10.2. The van der Waals surface area contributed by atoms with Crippen molar-refractivity contribution < 1.29 is 9.21 Å². The lowest BCUT2D eigenvalue weighted by Crippen LogP contribution is -2.27. The second-order valence-corrected chi connectivity index (χ2v) is 7.15. The molecule has 1 fully saturated rings. The highest BCUT2D eigenvalue weighted by atomic mass is 32.2. The van der Waals surface area contributed by atoms with Crippen LogP contribution in [0, 0.1) is 0 Å². The summed E-state index contributed by atoms with van der Waals surface area (Å²) in [6, 6.07) is 13.6. The summed E-state index contributed by atoms with van der Waals surface area (Å²) in [6.07, 6.45) is 5.59. The van der Waals surface area contributed by atoms with Gasteiger partial charge in [-0.2, -0.15) is 0 Å². The first-order chi connectivity index (χ1) is 12.8. The molecular weight excluding hydrogens is 346 g/mol. The van der Waals surface area contributed by atoms with Gasteiger partial charge >= 0.3 is 0 Å². The van der Waals surface area contributed by atoms with Crippen LogP contribution in [0.25, 0.3) is 11.3 Å². The highest BCUT2D eigenvalue weighted by Crippen LogP contribution is 2.25. The third-order valence-corrected chi connectivity index (χ3v) is 5.26. The van der Waals surface area contributed by atoms with Crippen LogP contribution in [0.2, 0.25) is 0 Å². The molecule has 0 spiro atoms. The molecule has 1 saturated heterocycles. The van der Waals surface area contributed by atoms with Crippen molar-refractivity contribution in [1.82, 2.24) is 14.9 Å². The van der Waals surface area contributed by atoms with Crippen LogP contribution in [0.4, 0.5) is 0 Å². The summed E-state index contributed by atoms with van der Waals surface area (Å²) in [4.78, 5) is 22.9. The Labute approximate surface area is 156 Å². The fourth-order valence-corrected chi connectivity index (χ4v) is 3.64. The first-order valence-electron chi connectivity index (χ1n) is 8.68. The van der Waals surface area contributed by atoms with E-state index in [1.54, 1.807) is 24.2 Å². The van der Waals surface area contributed by atoms with Gasteiger partial charge in [-0.1, -0.05) is 42.1 Å². The van der Waals surface area contributed by atoms with Crippen LogP contribution in [-0.2, 0) is 5.75 Å². The molecule has 5 nitrogen and oxygen atoms in total. The van der Waals surface area contributed by atoms with Crippen molar-refractivity contribution in [2.45, 2.75) is 23.6 Å². The first kappa shape index (κ1) is 16.8. The number of thioether (sulfide) groups is 1. The molecule has 4 rings (SSSR count). The highest BCUT2D eigenvalue weighted by molar-refractivity contribution is 7.98. The van der Waals surface area contributed by atoms with Gasteiger partial charge in [0.15, 0.2) is 5.76 Å². The van der Waals surface area contributed by atoms with Gasteiger partial charge in [0.2, 0.25) is 5.89 Å². The molecule has 1 aliphatic rings. The Morgan fingerprint density at radius 3 is 2.58 bits per heavy atom. The van der Waals surface area contributed by atoms with Crippen molar-refractivity contribution in [1.29, 1.82) is 0 Å². The molecule has 132 valence electrons. The third-order valence-electron chi connectivity index (χ3n) is 4.33. The van der Waals surface area contributed by atoms with Gasteiger partial charge in [-0.3, -0.25) is 4.79 Å². The number of oxazole rings is 1. The molecule has 6 heteroatoms. The van der Waals surface area contributed by atoms with Gasteiger partial charge in [-0.15, -0.1) is 0 Å². The summed E-state index contributed by atoms with van der Waals surface area (Å²) in [6.45, 7) is 1.70. The molecule has 1 aromatic carbocycles. The molecule has 0 atom stereocenters. The number of pyridine rings is 1. The normalized spacial score (nSPS) is 13.9. The van der Waals surface area contributed by atoms with E-state index in [0.717, 1.165) is 42.3 Å². The minimum Gasteiger partial charge on any atom is -0.440 e. The van der Waals surface area contributed by atoms with Gasteiger partial charge in [-0.25, -0.2) is 9.97 Å². The Morgan fingerprint density at radius 1 is 1.04 bits per heavy atom. The van der Waals surface area contributed by atoms with E-state index < -0.39 is 0 Å². The van der Waals surface area contributed by atoms with E-state index in [-0.39, 0.29) is 5.91 Å². The Morgan fingerprint density at radius 2 is 1.85 bits per heavy atom. The summed E-state index contributed by atoms with van der Waals surface area (Å²) in [7, 11) is 0. The van der Waals surface area contributed by atoms with E-state index in [9.17, 15) is 4.79 Å². The molecule has 0 radical (unpaired) electrons. The number of benzene rings is 1. The summed E-state index contributed by atoms with van der Waals surface area (Å²) in [5.41, 5.74) is 1.66. The number of hydrogen-bond acceptors (Lipinski definition) is 5. The van der Waals surface area contributed by atoms with Crippen LogP contribution < -0.4 is 0 Å². The largest absolute Gasteiger partial charge is 0.440 e. The van der Waals surface area contributed by atoms with Gasteiger partial charge in [0.05, 0.1) is 22.5 Å². The van der Waals surface area contributed by atoms with Crippen molar-refractivity contribution in [3.63, 3.8) is 0 Å². The minimum atomic E-state index is 0.0757. The Kier molecular flexibility index (Phi) is 5.02. The topological polar surface area (TPSA) is 59.2 Å². The predicted octanol–water partition coefficient (Wildman–Crippen LogP) is 4.26. The number of carbonyl (C=O) groups excluding carboxylic acids is 1. The van der Waals surface area contributed by atoms with Gasteiger partial charge in [-0.05, 0) is 25.0 Å². The van der Waals surface area contributed by atoms with Crippen molar-refractivity contribution in [3.05, 3.63) is 66.3 Å². The van der Waals surface area contributed by atoms with Crippen LogP contribution in [0.15, 0.2) is 64.3 Å². The molecule has 1 amide bonds. The van der Waals surface area contributed by atoms with Crippen LogP contribution >= 0.6 is 11.8 Å². The number of aromatic nitrogens is 2. The van der Waals surface area contributed by atoms with E-state index in [2.05, 4.69) is 9.97 Å². The fourth-order valence-electron chi connectivity index (χ4n) is 2.94. The van der Waals surface area contributed by atoms with Gasteiger partial charge < -0.3 is 9.32 Å². The van der Waals surface area contributed by atoms with Crippen LogP contribution in [0.1, 0.15) is 29.1 Å². The van der Waals surface area contributed by atoms with Crippen LogP contribution in [0.5, 0.6) is 0 Å². The lowest BCUT2D eigenvalue weighted by Gasteiger charge is -2.14. The standard InChI is InChI=1S/C20H19N3O2S/c24-20(23-10-4-5-11-23)16-8-9-19(22-12-16)26-14-18-21-13-17(25-18)15-6-2-1-3-7-15/h1-3,6-9,12-13H,4-5,10-11,14H2. The van der Waals surface area contributed by atoms with E-state index >= 15 is 0 Å². The highest BCUT2D eigenvalue weighted by Gasteiger charge is 2.19. The molecule has 2 aromatic heterocycles. The number of rotatable bonds is 5. The summed E-state index contributed by atoms with van der Waals surface area (Å²) in [5, 5.41) is 0.849. The number of amides is 1. The first-order valence-corrected chi connectivity index (χ1v) is 9.66. The molecule has 0 N–H and O–H groups in total. The lowest BCUT2D eigenvalue weighted by molar-refractivity contribution is 0.0792. The quantitative estimate of drug-likeness (QED) is 0.632. The summed E-state index contributed by atoms with van der Waals surface area (Å²) >= 11 is 1.54. The maximum absolute atomic E-state index is 12.3. The molecule has 0 unspecified atom stereocenters. The second-order valence-electron chi connectivity index (χ2n) is 6.16. The van der Waals surface area contributed by atoms with E-state index in [0.29, 0.717) is 17.2 Å². The Bertz CT molecular complexity index is 872. The number of hydrogen-bond donors (Lipinski definition) is 0. The van der Waals surface area contributed by atoms with E-state index in [1.807, 2.05) is 47.4 Å². The number of nitrogens with zero attached hydrogens (tertiary/aromatic N) is 3. The average Bonchev–Trinajstić information content (AvgIpc) is 3.39. The predicted molar refractivity (Wildman–Crippen MR) is 101 cm³/mol. The van der Waals surface area contributed by atoms with Crippen molar-refractivity contribution in [2.75, 3.05) is 13.1 Å². The SMILES string of the molecule is O=C(c1ccc(SCc2ncc(-c3ccccc3)o2)nc1)N1CCCC1. The van der Waals surface area contributed by atoms with E-state index in [1.165, 1.54) is 0 Å². The summed E-state index contributed by atoms with van der Waals surface area (Å²) < 4.78 is 5.80. The molecule has 3 heterocycles. The molecule has 0 saturated carbocycles. The maximum Gasteiger partial charge on any atom is 0.255 e. The van der Waals surface area contributed by atoms with Gasteiger partial charge in [0.25, 0.3) is 5.91 Å². The maximum atomic E-state index is 12.3. The molecule has 0 aliphatic carbocycles. The molecule has 0 bridgehead atoms. The zero-order valence-electron chi connectivity index (χ0n) is 14.3. The van der Waals surface area contributed by atoms with Crippen molar-refractivity contribution in [3.8, 4) is 11.3 Å². The molecule has 1 aliphatic heterocycles. The minimum absolute atomic E-state index is 0.0757. The summed E-state index contributed by atoms with van der Waals surface area (Å²) in [5.74, 6) is 2.10.